The van der Waals surface area contributed by atoms with Crippen LogP contribution >= 0.6 is 11.8 Å². The van der Waals surface area contributed by atoms with Gasteiger partial charge in [0.25, 0.3) is 0 Å². The minimum absolute atomic E-state index is 1.13. The van der Waals surface area contributed by atoms with E-state index in [1.807, 2.05) is 0 Å². The van der Waals surface area contributed by atoms with Crippen LogP contribution in [0.4, 0.5) is 0 Å². The number of thioether (sulfide) groups is 1. The molecule has 0 spiro atoms. The third kappa shape index (κ3) is 4.21. The van der Waals surface area contributed by atoms with E-state index in [0.29, 0.717) is 0 Å². The molecule has 0 aromatic carbocycles. The van der Waals surface area contributed by atoms with Gasteiger partial charge in [-0.05, 0) is 30.3 Å². The molecule has 10 heavy (non-hydrogen) atoms. The molecular weight excluding hydrogens is 140 g/mol. The molecule has 1 heteroatoms. The Morgan fingerprint density at radius 1 is 1.30 bits per heavy atom. The molecule has 0 unspecified atom stereocenters. The molecule has 0 saturated heterocycles. The van der Waals surface area contributed by atoms with Crippen LogP contribution in [0.2, 0.25) is 0 Å². The minimum atomic E-state index is 1.13. The van der Waals surface area contributed by atoms with E-state index >= 15 is 0 Å². The topological polar surface area (TPSA) is 0 Å². The number of rotatable bonds is 6. The highest BCUT2D eigenvalue weighted by molar-refractivity contribution is 7.99. The number of hydrogen-bond donors (Lipinski definition) is 0. The first-order valence-electron chi connectivity index (χ1n) is 4.51. The zero-order valence-electron chi connectivity index (χ0n) is 6.94. The lowest BCUT2D eigenvalue weighted by atomic mass is 10.3. The van der Waals surface area contributed by atoms with Crippen molar-refractivity contribution in [3.05, 3.63) is 0 Å². The van der Waals surface area contributed by atoms with Crippen molar-refractivity contribution < 1.29 is 0 Å². The Bertz CT molecular complexity index is 76.8. The standard InChI is InChI=1S/C9H18S/c1-2-3-7-10-8-6-9-4-5-9/h9H,2-8H2,1H3. The molecule has 1 aliphatic rings. The van der Waals surface area contributed by atoms with E-state index in [4.69, 9.17) is 0 Å². The summed E-state index contributed by atoms with van der Waals surface area (Å²) in [7, 11) is 0. The zero-order valence-corrected chi connectivity index (χ0v) is 7.75. The molecule has 1 saturated carbocycles. The van der Waals surface area contributed by atoms with E-state index in [0.717, 1.165) is 5.92 Å². The fourth-order valence-electron chi connectivity index (χ4n) is 1.00. The summed E-state index contributed by atoms with van der Waals surface area (Å²) in [5, 5.41) is 0. The van der Waals surface area contributed by atoms with Crippen LogP contribution in [0.5, 0.6) is 0 Å². The molecule has 0 N–H and O–H groups in total. The second kappa shape index (κ2) is 5.06. The van der Waals surface area contributed by atoms with Gasteiger partial charge in [0.15, 0.2) is 0 Å². The fraction of sp³-hybridized carbons (Fsp3) is 1.00. The van der Waals surface area contributed by atoms with Crippen molar-refractivity contribution in [2.75, 3.05) is 11.5 Å². The molecule has 0 atom stereocenters. The van der Waals surface area contributed by atoms with Crippen LogP contribution in [0.15, 0.2) is 0 Å². The summed E-state index contributed by atoms with van der Waals surface area (Å²) in [5.41, 5.74) is 0. The van der Waals surface area contributed by atoms with Crippen LogP contribution in [-0.2, 0) is 0 Å². The monoisotopic (exact) mass is 158 g/mol. The second-order valence-corrected chi connectivity index (χ2v) is 4.42. The first-order chi connectivity index (χ1) is 4.93. The number of hydrogen-bond acceptors (Lipinski definition) is 1. The third-order valence-corrected chi connectivity index (χ3v) is 3.11. The van der Waals surface area contributed by atoms with Gasteiger partial charge in [-0.3, -0.25) is 0 Å². The fourth-order valence-corrected chi connectivity index (χ4v) is 2.20. The molecule has 0 amide bonds. The van der Waals surface area contributed by atoms with Gasteiger partial charge in [-0.15, -0.1) is 0 Å². The first kappa shape index (κ1) is 8.45. The lowest BCUT2D eigenvalue weighted by Gasteiger charge is -1.97. The van der Waals surface area contributed by atoms with Crippen LogP contribution in [0.25, 0.3) is 0 Å². The molecule has 0 aliphatic heterocycles. The van der Waals surface area contributed by atoms with Gasteiger partial charge in [0.1, 0.15) is 0 Å². The van der Waals surface area contributed by atoms with Gasteiger partial charge >= 0.3 is 0 Å². The summed E-state index contributed by atoms with van der Waals surface area (Å²) in [5.74, 6) is 3.95. The first-order valence-corrected chi connectivity index (χ1v) is 5.66. The minimum Gasteiger partial charge on any atom is -0.162 e. The van der Waals surface area contributed by atoms with Crippen LogP contribution in [0.3, 0.4) is 0 Å². The van der Waals surface area contributed by atoms with Gasteiger partial charge in [0, 0.05) is 0 Å². The molecule has 0 aromatic rings. The maximum absolute atomic E-state index is 2.27. The lowest BCUT2D eigenvalue weighted by Crippen LogP contribution is -1.84. The highest BCUT2D eigenvalue weighted by Crippen LogP contribution is 2.33. The molecule has 0 aromatic heterocycles. The van der Waals surface area contributed by atoms with E-state index in [1.165, 1.54) is 43.6 Å². The van der Waals surface area contributed by atoms with Crippen LogP contribution in [-0.4, -0.2) is 11.5 Å². The molecular formula is C9H18S. The van der Waals surface area contributed by atoms with Gasteiger partial charge in [0.2, 0.25) is 0 Å². The summed E-state index contributed by atoms with van der Waals surface area (Å²) in [6.45, 7) is 2.27. The van der Waals surface area contributed by atoms with E-state index in [1.54, 1.807) is 0 Å². The quantitative estimate of drug-likeness (QED) is 0.534. The van der Waals surface area contributed by atoms with E-state index in [9.17, 15) is 0 Å². The third-order valence-electron chi connectivity index (χ3n) is 2.01. The Hall–Kier alpha value is 0.350. The summed E-state index contributed by atoms with van der Waals surface area (Å²) < 4.78 is 0. The van der Waals surface area contributed by atoms with E-state index in [2.05, 4.69) is 18.7 Å². The van der Waals surface area contributed by atoms with Crippen molar-refractivity contribution in [2.24, 2.45) is 5.92 Å². The Balaban J connectivity index is 1.68. The summed E-state index contributed by atoms with van der Waals surface area (Å²) in [6, 6.07) is 0. The van der Waals surface area contributed by atoms with Gasteiger partial charge in [-0.1, -0.05) is 26.2 Å². The summed E-state index contributed by atoms with van der Waals surface area (Å²) >= 11 is 2.15. The molecule has 1 fully saturated rings. The van der Waals surface area contributed by atoms with Crippen LogP contribution in [0, 0.1) is 5.92 Å². The highest BCUT2D eigenvalue weighted by atomic mass is 32.2. The Morgan fingerprint density at radius 3 is 2.70 bits per heavy atom. The van der Waals surface area contributed by atoms with Gasteiger partial charge < -0.3 is 0 Å². The molecule has 0 radical (unpaired) electrons. The average molecular weight is 158 g/mol. The predicted octanol–water partition coefficient (Wildman–Crippen LogP) is 3.32. The number of unbranched alkanes of at least 4 members (excludes halogenated alkanes) is 1. The van der Waals surface area contributed by atoms with Crippen molar-refractivity contribution in [2.45, 2.75) is 39.0 Å². The van der Waals surface area contributed by atoms with Crippen LogP contribution in [0.1, 0.15) is 39.0 Å². The van der Waals surface area contributed by atoms with Crippen molar-refractivity contribution in [3.63, 3.8) is 0 Å². The molecule has 0 nitrogen and oxygen atoms in total. The average Bonchev–Trinajstić information content (AvgIpc) is 2.71. The molecule has 0 heterocycles. The van der Waals surface area contributed by atoms with Crippen LogP contribution < -0.4 is 0 Å². The van der Waals surface area contributed by atoms with E-state index in [-0.39, 0.29) is 0 Å². The summed E-state index contributed by atoms with van der Waals surface area (Å²) in [6.07, 6.45) is 7.31. The van der Waals surface area contributed by atoms with Gasteiger partial charge in [0.05, 0.1) is 0 Å². The van der Waals surface area contributed by atoms with Crippen molar-refractivity contribution in [1.29, 1.82) is 0 Å². The second-order valence-electron chi connectivity index (χ2n) is 3.20. The van der Waals surface area contributed by atoms with Crippen molar-refractivity contribution in [3.8, 4) is 0 Å². The molecule has 1 aliphatic carbocycles. The highest BCUT2D eigenvalue weighted by Gasteiger charge is 2.19. The normalized spacial score (nSPS) is 17.7. The Labute approximate surface area is 68.8 Å². The molecule has 0 bridgehead atoms. The maximum Gasteiger partial charge on any atom is -0.00649 e. The van der Waals surface area contributed by atoms with Gasteiger partial charge in [-0.25, -0.2) is 0 Å². The van der Waals surface area contributed by atoms with Gasteiger partial charge in [-0.2, -0.15) is 11.8 Å². The Kier molecular flexibility index (Phi) is 4.27. The maximum atomic E-state index is 2.27. The largest absolute Gasteiger partial charge is 0.162 e. The predicted molar refractivity (Wildman–Crippen MR) is 49.6 cm³/mol. The van der Waals surface area contributed by atoms with Crippen molar-refractivity contribution in [1.82, 2.24) is 0 Å². The summed E-state index contributed by atoms with van der Waals surface area (Å²) in [4.78, 5) is 0. The lowest BCUT2D eigenvalue weighted by molar-refractivity contribution is 0.806. The SMILES string of the molecule is CCCCSCCC1CC1. The Morgan fingerprint density at radius 2 is 2.10 bits per heavy atom. The van der Waals surface area contributed by atoms with Crippen molar-refractivity contribution >= 4 is 11.8 Å². The molecule has 1 rings (SSSR count). The molecule has 60 valence electrons. The zero-order chi connectivity index (χ0) is 7.23. The van der Waals surface area contributed by atoms with E-state index < -0.39 is 0 Å². The smallest absolute Gasteiger partial charge is 0.00649 e.